The van der Waals surface area contributed by atoms with Crippen LogP contribution in [-0.2, 0) is 11.3 Å². The molecule has 2 heterocycles. The summed E-state index contributed by atoms with van der Waals surface area (Å²) < 4.78 is 10.7. The van der Waals surface area contributed by atoms with Crippen LogP contribution in [0.25, 0.3) is 22.0 Å². The third kappa shape index (κ3) is 4.05. The highest BCUT2D eigenvalue weighted by Crippen LogP contribution is 2.24. The summed E-state index contributed by atoms with van der Waals surface area (Å²) in [6.07, 6.45) is 0. The number of ether oxygens (including phenoxy) is 1. The van der Waals surface area contributed by atoms with E-state index in [2.05, 4.69) is 15.2 Å². The molecule has 0 saturated heterocycles. The normalized spacial score (nSPS) is 10.7. The molecule has 0 aliphatic heterocycles. The highest BCUT2D eigenvalue weighted by molar-refractivity contribution is 7.13. The Morgan fingerprint density at radius 1 is 1.04 bits per heavy atom. The van der Waals surface area contributed by atoms with Crippen LogP contribution in [0.5, 0.6) is 0 Å². The molecule has 0 N–H and O–H groups in total. The van der Waals surface area contributed by atoms with E-state index in [0.717, 1.165) is 16.1 Å². The number of esters is 1. The summed E-state index contributed by atoms with van der Waals surface area (Å²) in [5, 5.41) is 10.9. The molecular formula is C19H12ClN3O3S. The van der Waals surface area contributed by atoms with Gasteiger partial charge in [0, 0.05) is 21.5 Å². The summed E-state index contributed by atoms with van der Waals surface area (Å²) in [7, 11) is 0. The van der Waals surface area contributed by atoms with Crippen molar-refractivity contribution in [2.24, 2.45) is 0 Å². The molecule has 2 aromatic carbocycles. The minimum Gasteiger partial charge on any atom is -0.451 e. The van der Waals surface area contributed by atoms with Gasteiger partial charge in [0.25, 0.3) is 5.89 Å². The maximum Gasteiger partial charge on any atom is 0.358 e. The Hall–Kier alpha value is -3.03. The molecule has 0 atom stereocenters. The third-order valence-corrected chi connectivity index (χ3v) is 4.76. The average molecular weight is 398 g/mol. The Balaban J connectivity index is 1.40. The van der Waals surface area contributed by atoms with E-state index in [1.165, 1.54) is 11.3 Å². The van der Waals surface area contributed by atoms with Gasteiger partial charge in [-0.3, -0.25) is 0 Å². The zero-order valence-electron chi connectivity index (χ0n) is 13.8. The highest BCUT2D eigenvalue weighted by atomic mass is 35.5. The van der Waals surface area contributed by atoms with Crippen molar-refractivity contribution < 1.29 is 13.9 Å². The second kappa shape index (κ2) is 7.69. The van der Waals surface area contributed by atoms with Gasteiger partial charge in [0.05, 0.1) is 0 Å². The molecule has 4 aromatic rings. The summed E-state index contributed by atoms with van der Waals surface area (Å²) >= 11 is 7.24. The first-order chi connectivity index (χ1) is 13.2. The second-order valence-corrected chi connectivity index (χ2v) is 6.78. The van der Waals surface area contributed by atoms with Crippen LogP contribution in [0.1, 0.15) is 16.4 Å². The lowest BCUT2D eigenvalue weighted by Crippen LogP contribution is -2.05. The lowest BCUT2D eigenvalue weighted by atomic mass is 10.2. The molecule has 6 nitrogen and oxygen atoms in total. The number of nitrogens with zero attached hydrogens (tertiary/aromatic N) is 3. The Morgan fingerprint density at radius 3 is 2.59 bits per heavy atom. The van der Waals surface area contributed by atoms with Crippen molar-refractivity contribution in [2.45, 2.75) is 6.61 Å². The number of carbonyl (C=O) groups excluding carboxylic acids is 1. The Labute approximate surface area is 163 Å². The van der Waals surface area contributed by atoms with Gasteiger partial charge in [-0.1, -0.05) is 41.9 Å². The van der Waals surface area contributed by atoms with Gasteiger partial charge < -0.3 is 9.15 Å². The van der Waals surface area contributed by atoms with Crippen molar-refractivity contribution in [3.05, 3.63) is 76.6 Å². The smallest absolute Gasteiger partial charge is 0.358 e. The number of hydrogen-bond acceptors (Lipinski definition) is 7. The number of rotatable bonds is 5. The van der Waals surface area contributed by atoms with Gasteiger partial charge in [0.1, 0.15) is 5.01 Å². The zero-order chi connectivity index (χ0) is 18.6. The van der Waals surface area contributed by atoms with Gasteiger partial charge in [-0.15, -0.1) is 21.5 Å². The summed E-state index contributed by atoms with van der Waals surface area (Å²) in [5.74, 6) is -0.00998. The SMILES string of the molecule is O=C(OCc1nnc(-c2ccc(Cl)cc2)o1)c1csc(-c2ccccc2)n1. The summed E-state index contributed by atoms with van der Waals surface area (Å²) in [4.78, 5) is 16.5. The van der Waals surface area contributed by atoms with Gasteiger partial charge in [0.2, 0.25) is 5.89 Å². The van der Waals surface area contributed by atoms with Crippen molar-refractivity contribution in [2.75, 3.05) is 0 Å². The van der Waals surface area contributed by atoms with Crippen LogP contribution < -0.4 is 0 Å². The molecule has 0 bridgehead atoms. The number of hydrogen-bond donors (Lipinski definition) is 0. The minimum absolute atomic E-state index is 0.127. The minimum atomic E-state index is -0.542. The van der Waals surface area contributed by atoms with Gasteiger partial charge in [-0.2, -0.15) is 0 Å². The maximum absolute atomic E-state index is 12.2. The maximum atomic E-state index is 12.2. The lowest BCUT2D eigenvalue weighted by molar-refractivity contribution is 0.0433. The molecule has 0 amide bonds. The van der Waals surface area contributed by atoms with Crippen LogP contribution in [0.15, 0.2) is 64.4 Å². The topological polar surface area (TPSA) is 78.1 Å². The van der Waals surface area contributed by atoms with Crippen molar-refractivity contribution in [1.29, 1.82) is 0 Å². The standard InChI is InChI=1S/C19H12ClN3O3S/c20-14-8-6-12(7-9-14)17-23-22-16(26-17)10-25-19(24)15-11-27-18(21-15)13-4-2-1-3-5-13/h1-9,11H,10H2. The molecular weight excluding hydrogens is 386 g/mol. The number of thiazole rings is 1. The second-order valence-electron chi connectivity index (χ2n) is 5.49. The number of benzene rings is 2. The first-order valence-corrected chi connectivity index (χ1v) is 9.21. The van der Waals surface area contributed by atoms with E-state index < -0.39 is 5.97 Å². The molecule has 0 aliphatic rings. The fourth-order valence-corrected chi connectivity index (χ4v) is 3.22. The summed E-state index contributed by atoms with van der Waals surface area (Å²) in [6.45, 7) is -0.127. The molecule has 0 saturated carbocycles. The van der Waals surface area contributed by atoms with Crippen molar-refractivity contribution in [3.63, 3.8) is 0 Å². The van der Waals surface area contributed by atoms with E-state index in [1.54, 1.807) is 29.6 Å². The number of halogens is 1. The van der Waals surface area contributed by atoms with Crippen LogP contribution in [-0.4, -0.2) is 21.2 Å². The molecule has 0 radical (unpaired) electrons. The predicted octanol–water partition coefficient (Wildman–Crippen LogP) is 4.87. The summed E-state index contributed by atoms with van der Waals surface area (Å²) in [6, 6.07) is 16.6. The largest absolute Gasteiger partial charge is 0.451 e. The number of aromatic nitrogens is 3. The first kappa shape index (κ1) is 17.4. The Kier molecular flexibility index (Phi) is 4.95. The van der Waals surface area contributed by atoms with E-state index >= 15 is 0 Å². The molecule has 0 spiro atoms. The average Bonchev–Trinajstić information content (AvgIpc) is 3.37. The Morgan fingerprint density at radius 2 is 1.81 bits per heavy atom. The van der Waals surface area contributed by atoms with Crippen molar-refractivity contribution >= 4 is 28.9 Å². The van der Waals surface area contributed by atoms with Gasteiger partial charge >= 0.3 is 5.97 Å². The van der Waals surface area contributed by atoms with Crippen LogP contribution in [0, 0.1) is 0 Å². The zero-order valence-corrected chi connectivity index (χ0v) is 15.4. The van der Waals surface area contributed by atoms with E-state index in [0.29, 0.717) is 10.9 Å². The van der Waals surface area contributed by atoms with E-state index in [-0.39, 0.29) is 18.2 Å². The summed E-state index contributed by atoms with van der Waals surface area (Å²) in [5.41, 5.74) is 1.93. The van der Waals surface area contributed by atoms with Crippen LogP contribution in [0.3, 0.4) is 0 Å². The fourth-order valence-electron chi connectivity index (χ4n) is 2.30. The van der Waals surface area contributed by atoms with Crippen LogP contribution in [0.2, 0.25) is 5.02 Å². The highest BCUT2D eigenvalue weighted by Gasteiger charge is 2.15. The molecule has 8 heteroatoms. The molecule has 4 rings (SSSR count). The van der Waals surface area contributed by atoms with E-state index in [4.69, 9.17) is 20.8 Å². The van der Waals surface area contributed by atoms with Gasteiger partial charge in [-0.05, 0) is 24.3 Å². The molecule has 134 valence electrons. The fraction of sp³-hybridized carbons (Fsp3) is 0.0526. The monoisotopic (exact) mass is 397 g/mol. The van der Waals surface area contributed by atoms with Crippen molar-refractivity contribution in [1.82, 2.24) is 15.2 Å². The first-order valence-electron chi connectivity index (χ1n) is 7.95. The van der Waals surface area contributed by atoms with E-state index in [1.807, 2.05) is 30.3 Å². The third-order valence-electron chi connectivity index (χ3n) is 3.62. The molecule has 0 unspecified atom stereocenters. The Bertz CT molecular complexity index is 1060. The van der Waals surface area contributed by atoms with E-state index in [9.17, 15) is 4.79 Å². The van der Waals surface area contributed by atoms with Gasteiger partial charge in [-0.25, -0.2) is 9.78 Å². The van der Waals surface area contributed by atoms with Crippen molar-refractivity contribution in [3.8, 4) is 22.0 Å². The molecule has 2 aromatic heterocycles. The van der Waals surface area contributed by atoms with Crippen LogP contribution >= 0.6 is 22.9 Å². The van der Waals surface area contributed by atoms with Gasteiger partial charge in [0.15, 0.2) is 12.3 Å². The number of carbonyl (C=O) groups is 1. The lowest BCUT2D eigenvalue weighted by Gasteiger charge is -1.99. The molecule has 0 fully saturated rings. The van der Waals surface area contributed by atoms with Crippen LogP contribution in [0.4, 0.5) is 0 Å². The quantitative estimate of drug-likeness (QED) is 0.447. The molecule has 0 aliphatic carbocycles. The predicted molar refractivity (Wildman–Crippen MR) is 101 cm³/mol. The molecule has 27 heavy (non-hydrogen) atoms.